The topological polar surface area (TPSA) is 98.8 Å². The number of carbonyl (C=O) groups excluding carboxylic acids is 2. The predicted molar refractivity (Wildman–Crippen MR) is 156 cm³/mol. The average molecular weight is 643 g/mol. The van der Waals surface area contributed by atoms with E-state index < -0.39 is 48.5 Å². The maximum atomic E-state index is 13.3. The van der Waals surface area contributed by atoms with Gasteiger partial charge in [0.05, 0.1) is 37.4 Å². The molecule has 3 aliphatic rings. The first kappa shape index (κ1) is 35.3. The van der Waals surface area contributed by atoms with Crippen LogP contribution in [0.25, 0.3) is 0 Å². The molecule has 0 bridgehead atoms. The van der Waals surface area contributed by atoms with Gasteiger partial charge in [-0.15, -0.1) is 0 Å². The molecule has 2 heterocycles. The molecule has 1 aromatic carbocycles. The predicted octanol–water partition coefficient (Wildman–Crippen LogP) is 6.17. The van der Waals surface area contributed by atoms with Crippen LogP contribution in [0.15, 0.2) is 36.4 Å². The number of ketones is 1. The fourth-order valence-electron chi connectivity index (χ4n) is 5.69. The first-order valence-corrected chi connectivity index (χ1v) is 15.9. The summed E-state index contributed by atoms with van der Waals surface area (Å²) in [5.74, 6) is -0.648. The molecule has 1 aromatic rings. The summed E-state index contributed by atoms with van der Waals surface area (Å²) < 4.78 is 80.5. The number of halogens is 3. The Balaban J connectivity index is 1.42. The fraction of sp³-hybridized carbons (Fsp3) is 0.697. The van der Waals surface area contributed by atoms with Crippen LogP contribution in [0, 0.1) is 5.92 Å². The molecule has 0 radical (unpaired) electrons. The van der Waals surface area contributed by atoms with Crippen LogP contribution in [-0.4, -0.2) is 76.2 Å². The number of hydrogen-bond donors (Lipinski definition) is 0. The smallest absolute Gasteiger partial charge is 0.416 e. The van der Waals surface area contributed by atoms with Crippen molar-refractivity contribution in [3.05, 3.63) is 42.0 Å². The van der Waals surface area contributed by atoms with E-state index >= 15 is 0 Å². The molecule has 12 heteroatoms. The van der Waals surface area contributed by atoms with Gasteiger partial charge in [-0.1, -0.05) is 18.2 Å². The van der Waals surface area contributed by atoms with Gasteiger partial charge in [0.25, 0.3) is 0 Å². The summed E-state index contributed by atoms with van der Waals surface area (Å²) in [6.45, 7) is 1.08. The number of hydrogen-bond acceptors (Lipinski definition) is 9. The van der Waals surface area contributed by atoms with Gasteiger partial charge in [-0.3, -0.25) is 9.59 Å². The summed E-state index contributed by atoms with van der Waals surface area (Å²) in [5.41, 5.74) is -0.806. The van der Waals surface area contributed by atoms with Crippen LogP contribution >= 0.6 is 0 Å². The quantitative estimate of drug-likeness (QED) is 0.119. The lowest BCUT2D eigenvalue weighted by Crippen LogP contribution is -2.40. The number of rotatable bonds is 16. The molecule has 6 atom stereocenters. The van der Waals surface area contributed by atoms with E-state index in [1.54, 1.807) is 0 Å². The van der Waals surface area contributed by atoms with Crippen molar-refractivity contribution in [2.24, 2.45) is 5.92 Å². The lowest BCUT2D eigenvalue weighted by Gasteiger charge is -2.32. The number of allylic oxidation sites excluding steroid dienone is 2. The molecule has 3 fully saturated rings. The Morgan fingerprint density at radius 2 is 1.80 bits per heavy atom. The zero-order valence-corrected chi connectivity index (χ0v) is 25.8. The van der Waals surface area contributed by atoms with Crippen molar-refractivity contribution in [1.29, 1.82) is 0 Å². The zero-order chi connectivity index (χ0) is 32.1. The molecule has 45 heavy (non-hydrogen) atoms. The van der Waals surface area contributed by atoms with Crippen LogP contribution < -0.4 is 4.74 Å². The second-order valence-corrected chi connectivity index (χ2v) is 11.6. The third-order valence-corrected chi connectivity index (χ3v) is 8.13. The Bertz CT molecular complexity index is 1080. The molecule has 0 N–H and O–H groups in total. The van der Waals surface area contributed by atoms with Gasteiger partial charge in [-0.05, 0) is 76.0 Å². The van der Waals surface area contributed by atoms with Gasteiger partial charge in [0.1, 0.15) is 24.2 Å². The third kappa shape index (κ3) is 11.7. The fourth-order valence-corrected chi connectivity index (χ4v) is 5.69. The van der Waals surface area contributed by atoms with Gasteiger partial charge < -0.3 is 33.2 Å². The van der Waals surface area contributed by atoms with Gasteiger partial charge >= 0.3 is 12.1 Å². The first-order chi connectivity index (χ1) is 21.7. The number of benzene rings is 1. The molecule has 3 unspecified atom stereocenters. The van der Waals surface area contributed by atoms with Crippen molar-refractivity contribution in [3.8, 4) is 5.75 Å². The van der Waals surface area contributed by atoms with Crippen LogP contribution in [-0.2, 0) is 44.2 Å². The Kier molecular flexibility index (Phi) is 14.1. The minimum Gasteiger partial charge on any atom is -0.491 e. The molecule has 0 aromatic heterocycles. The highest BCUT2D eigenvalue weighted by Crippen LogP contribution is 2.34. The summed E-state index contributed by atoms with van der Waals surface area (Å²) in [4.78, 5) is 24.6. The largest absolute Gasteiger partial charge is 0.491 e. The molecular formula is C33H45F3O9. The summed E-state index contributed by atoms with van der Waals surface area (Å²) in [6, 6.07) is 4.69. The maximum Gasteiger partial charge on any atom is 0.416 e. The highest BCUT2D eigenvalue weighted by Gasteiger charge is 2.45. The third-order valence-electron chi connectivity index (χ3n) is 8.13. The number of ether oxygens (including phenoxy) is 7. The minimum atomic E-state index is -4.49. The second-order valence-electron chi connectivity index (χ2n) is 11.6. The van der Waals surface area contributed by atoms with Gasteiger partial charge in [-0.25, -0.2) is 0 Å². The van der Waals surface area contributed by atoms with Crippen LogP contribution in [0.4, 0.5) is 13.2 Å². The lowest BCUT2D eigenvalue weighted by atomic mass is 9.99. The zero-order valence-electron chi connectivity index (χ0n) is 25.8. The Morgan fingerprint density at radius 3 is 2.49 bits per heavy atom. The first-order valence-electron chi connectivity index (χ1n) is 15.9. The summed E-state index contributed by atoms with van der Waals surface area (Å²) in [7, 11) is 1.36. The van der Waals surface area contributed by atoms with Gasteiger partial charge in [0.2, 0.25) is 0 Å². The van der Waals surface area contributed by atoms with E-state index in [4.69, 9.17) is 28.4 Å². The SMILES string of the molecule is COC(=O)CCCC=CC[C@H]1C(=O)C[C@@H](OC2CCCCO2)[C@@H]1OCC(COc1cccc(C(F)(F)F)c1)OC1CCCCO1. The van der Waals surface area contributed by atoms with Crippen LogP contribution in [0.2, 0.25) is 0 Å². The highest BCUT2D eigenvalue weighted by atomic mass is 19.4. The van der Waals surface area contributed by atoms with E-state index in [0.29, 0.717) is 45.3 Å². The summed E-state index contributed by atoms with van der Waals surface area (Å²) >= 11 is 0. The van der Waals surface area contributed by atoms with E-state index in [9.17, 15) is 22.8 Å². The Labute approximate surface area is 262 Å². The van der Waals surface area contributed by atoms with E-state index in [0.717, 1.165) is 44.2 Å². The number of methoxy groups -OCH3 is 1. The van der Waals surface area contributed by atoms with E-state index in [2.05, 4.69) is 4.74 Å². The van der Waals surface area contributed by atoms with Crippen LogP contribution in [0.5, 0.6) is 5.75 Å². The molecule has 252 valence electrons. The van der Waals surface area contributed by atoms with Crippen molar-refractivity contribution in [1.82, 2.24) is 0 Å². The molecule has 4 rings (SSSR count). The number of alkyl halides is 3. The van der Waals surface area contributed by atoms with E-state index in [1.165, 1.54) is 19.2 Å². The number of Topliss-reactive ketones (excluding diaryl/α,β-unsaturated/α-hetero) is 1. The van der Waals surface area contributed by atoms with Gasteiger partial charge in [0, 0.05) is 26.1 Å². The molecule has 1 saturated carbocycles. The molecule has 2 aliphatic heterocycles. The highest BCUT2D eigenvalue weighted by molar-refractivity contribution is 5.85. The Hall–Kier alpha value is -2.51. The summed E-state index contributed by atoms with van der Waals surface area (Å²) in [5, 5.41) is 0. The minimum absolute atomic E-state index is 0.0154. The van der Waals surface area contributed by atoms with Crippen molar-refractivity contribution in [2.45, 2.75) is 108 Å². The monoisotopic (exact) mass is 642 g/mol. The summed E-state index contributed by atoms with van der Waals surface area (Å²) in [6.07, 6.45) is 4.12. The standard InChI is InChI=1S/C33H45F3O9/c1-39-29(38)14-5-3-2-4-13-26-27(37)20-28(45-31-16-7-9-18-41-31)32(26)43-22-25(44-30-15-6-8-17-40-30)21-42-24-12-10-11-23(19-24)33(34,35)36/h2,4,10-12,19,25-26,28,30-32H,3,5-9,13-18,20-22H2,1H3/t25?,26-,28+,30?,31?,32+/m0/s1. The van der Waals surface area contributed by atoms with E-state index in [-0.39, 0.29) is 37.1 Å². The average Bonchev–Trinajstić information content (AvgIpc) is 3.33. The van der Waals surface area contributed by atoms with Gasteiger partial charge in [0.15, 0.2) is 12.6 Å². The van der Waals surface area contributed by atoms with Gasteiger partial charge in [-0.2, -0.15) is 13.2 Å². The molecule has 0 amide bonds. The molecule has 2 saturated heterocycles. The van der Waals surface area contributed by atoms with Crippen LogP contribution in [0.1, 0.15) is 76.2 Å². The van der Waals surface area contributed by atoms with Crippen molar-refractivity contribution in [2.75, 3.05) is 33.5 Å². The number of unbranched alkanes of at least 4 members (excludes halogenated alkanes) is 1. The van der Waals surface area contributed by atoms with Crippen molar-refractivity contribution < 1.29 is 55.9 Å². The van der Waals surface area contributed by atoms with Crippen molar-refractivity contribution >= 4 is 11.8 Å². The van der Waals surface area contributed by atoms with E-state index in [1.807, 2.05) is 12.2 Å². The maximum absolute atomic E-state index is 13.3. The molecular weight excluding hydrogens is 597 g/mol. The number of esters is 1. The lowest BCUT2D eigenvalue weighted by molar-refractivity contribution is -0.226. The van der Waals surface area contributed by atoms with Crippen molar-refractivity contribution in [3.63, 3.8) is 0 Å². The Morgan fingerprint density at radius 1 is 1.04 bits per heavy atom. The molecule has 1 aliphatic carbocycles. The number of carbonyl (C=O) groups is 2. The molecule has 0 spiro atoms. The normalized spacial score (nSPS) is 26.7. The molecule has 9 nitrogen and oxygen atoms in total. The van der Waals surface area contributed by atoms with Crippen LogP contribution in [0.3, 0.4) is 0 Å². The second kappa shape index (κ2) is 18.0.